The van der Waals surface area contributed by atoms with Crippen LogP contribution in [-0.4, -0.2) is 49.2 Å². The Hall–Kier alpha value is -0.170. The van der Waals surface area contributed by atoms with Gasteiger partial charge in [0.25, 0.3) is 10.2 Å². The summed E-state index contributed by atoms with van der Waals surface area (Å²) < 4.78 is 27.7. The minimum atomic E-state index is -3.30. The second-order valence-electron chi connectivity index (χ2n) is 4.46. The van der Waals surface area contributed by atoms with E-state index < -0.39 is 10.2 Å². The number of hydrogen-bond donors (Lipinski definition) is 1. The average molecular weight is 249 g/mol. The van der Waals surface area contributed by atoms with Crippen molar-refractivity contribution in [3.63, 3.8) is 0 Å². The molecule has 96 valence electrons. The van der Waals surface area contributed by atoms with Crippen molar-refractivity contribution >= 4 is 10.2 Å². The van der Waals surface area contributed by atoms with Gasteiger partial charge < -0.3 is 5.73 Å². The molecule has 0 saturated carbocycles. The van der Waals surface area contributed by atoms with E-state index in [2.05, 4.69) is 0 Å². The number of piperidine rings is 1. The summed E-state index contributed by atoms with van der Waals surface area (Å²) >= 11 is 0. The van der Waals surface area contributed by atoms with Gasteiger partial charge in [0, 0.05) is 32.2 Å². The molecule has 1 heterocycles. The van der Waals surface area contributed by atoms with Gasteiger partial charge in [0.05, 0.1) is 0 Å². The zero-order chi connectivity index (χ0) is 12.2. The predicted molar refractivity (Wildman–Crippen MR) is 65.2 cm³/mol. The maximum atomic E-state index is 12.3. The van der Waals surface area contributed by atoms with Crippen LogP contribution in [0.25, 0.3) is 0 Å². The molecule has 1 fully saturated rings. The Morgan fingerprint density at radius 3 is 2.25 bits per heavy atom. The second kappa shape index (κ2) is 5.95. The van der Waals surface area contributed by atoms with Gasteiger partial charge in [-0.3, -0.25) is 0 Å². The van der Waals surface area contributed by atoms with Gasteiger partial charge in [-0.15, -0.1) is 0 Å². The lowest BCUT2D eigenvalue weighted by Gasteiger charge is -2.33. The van der Waals surface area contributed by atoms with Gasteiger partial charge in [-0.25, -0.2) is 0 Å². The van der Waals surface area contributed by atoms with Crippen molar-refractivity contribution in [2.24, 2.45) is 5.73 Å². The first-order valence-electron chi connectivity index (χ1n) is 5.97. The molecule has 1 aliphatic heterocycles. The molecule has 1 saturated heterocycles. The van der Waals surface area contributed by atoms with Crippen molar-refractivity contribution in [2.75, 3.05) is 26.2 Å². The maximum absolute atomic E-state index is 12.3. The number of nitrogens with two attached hydrogens (primary N) is 1. The van der Waals surface area contributed by atoms with E-state index in [-0.39, 0.29) is 6.04 Å². The summed E-state index contributed by atoms with van der Waals surface area (Å²) in [5.41, 5.74) is 5.47. The van der Waals surface area contributed by atoms with E-state index >= 15 is 0 Å². The van der Waals surface area contributed by atoms with Crippen molar-refractivity contribution in [2.45, 2.75) is 39.2 Å². The summed E-state index contributed by atoms with van der Waals surface area (Å²) in [6.07, 6.45) is 3.06. The monoisotopic (exact) mass is 249 g/mol. The van der Waals surface area contributed by atoms with E-state index in [1.54, 1.807) is 4.31 Å². The molecular formula is C10H23N3O2S. The van der Waals surface area contributed by atoms with Crippen molar-refractivity contribution in [3.8, 4) is 0 Å². The molecule has 0 aromatic carbocycles. The summed E-state index contributed by atoms with van der Waals surface area (Å²) in [5, 5.41) is 0. The van der Waals surface area contributed by atoms with Crippen molar-refractivity contribution in [1.82, 2.24) is 8.61 Å². The van der Waals surface area contributed by atoms with Crippen LogP contribution in [0.4, 0.5) is 0 Å². The molecular weight excluding hydrogens is 226 g/mol. The van der Waals surface area contributed by atoms with Crippen LogP contribution >= 0.6 is 0 Å². The molecule has 0 amide bonds. The summed E-state index contributed by atoms with van der Waals surface area (Å²) in [6, 6.07) is -0.0320. The molecule has 6 heteroatoms. The van der Waals surface area contributed by atoms with E-state index in [1.807, 2.05) is 13.8 Å². The highest BCUT2D eigenvalue weighted by Crippen LogP contribution is 2.17. The lowest BCUT2D eigenvalue weighted by Crippen LogP contribution is -2.50. The normalized spacial score (nSPS) is 19.6. The highest BCUT2D eigenvalue weighted by molar-refractivity contribution is 7.86. The van der Waals surface area contributed by atoms with Crippen LogP contribution in [0.2, 0.25) is 0 Å². The third-order valence-corrected chi connectivity index (χ3v) is 5.08. The Bertz CT molecular complexity index is 297. The highest BCUT2D eigenvalue weighted by atomic mass is 32.2. The van der Waals surface area contributed by atoms with Crippen LogP contribution in [0.15, 0.2) is 0 Å². The zero-order valence-corrected chi connectivity index (χ0v) is 11.0. The average Bonchev–Trinajstić information content (AvgIpc) is 2.26. The molecule has 0 bridgehead atoms. The summed E-state index contributed by atoms with van der Waals surface area (Å²) in [6.45, 7) is 5.84. The van der Waals surface area contributed by atoms with E-state index in [0.29, 0.717) is 26.2 Å². The largest absolute Gasteiger partial charge is 0.329 e. The van der Waals surface area contributed by atoms with Crippen LogP contribution in [-0.2, 0) is 10.2 Å². The molecule has 1 rings (SSSR count). The Morgan fingerprint density at radius 2 is 1.81 bits per heavy atom. The fourth-order valence-corrected chi connectivity index (χ4v) is 3.90. The molecule has 2 N–H and O–H groups in total. The minimum absolute atomic E-state index is 0.0320. The number of hydrogen-bond acceptors (Lipinski definition) is 3. The third-order valence-electron chi connectivity index (χ3n) is 2.86. The van der Waals surface area contributed by atoms with Crippen LogP contribution in [0, 0.1) is 0 Å². The first-order valence-corrected chi connectivity index (χ1v) is 7.37. The molecule has 0 aromatic heterocycles. The number of rotatable bonds is 5. The van der Waals surface area contributed by atoms with Crippen LogP contribution in [0.3, 0.4) is 0 Å². The Morgan fingerprint density at radius 1 is 1.25 bits per heavy atom. The fourth-order valence-electron chi connectivity index (χ4n) is 2.01. The molecule has 16 heavy (non-hydrogen) atoms. The molecule has 0 spiro atoms. The Kier molecular flexibility index (Phi) is 5.17. The van der Waals surface area contributed by atoms with Gasteiger partial charge in [0.2, 0.25) is 0 Å². The van der Waals surface area contributed by atoms with E-state index in [9.17, 15) is 8.42 Å². The topological polar surface area (TPSA) is 66.6 Å². The van der Waals surface area contributed by atoms with Gasteiger partial charge in [0.1, 0.15) is 0 Å². The summed E-state index contributed by atoms with van der Waals surface area (Å²) in [7, 11) is -3.30. The van der Waals surface area contributed by atoms with Gasteiger partial charge in [-0.2, -0.15) is 17.0 Å². The van der Waals surface area contributed by atoms with Crippen LogP contribution < -0.4 is 5.73 Å². The van der Waals surface area contributed by atoms with Gasteiger partial charge in [-0.1, -0.05) is 6.42 Å². The molecule has 1 aliphatic rings. The fraction of sp³-hybridized carbons (Fsp3) is 1.00. The van der Waals surface area contributed by atoms with E-state index in [1.165, 1.54) is 4.31 Å². The Labute approximate surface area is 98.8 Å². The smallest absolute Gasteiger partial charge is 0.282 e. The zero-order valence-electron chi connectivity index (χ0n) is 10.2. The summed E-state index contributed by atoms with van der Waals surface area (Å²) in [5.74, 6) is 0. The highest BCUT2D eigenvalue weighted by Gasteiger charge is 2.31. The van der Waals surface area contributed by atoms with Gasteiger partial charge in [0.15, 0.2) is 0 Å². The maximum Gasteiger partial charge on any atom is 0.282 e. The first kappa shape index (κ1) is 13.9. The van der Waals surface area contributed by atoms with Crippen molar-refractivity contribution in [1.29, 1.82) is 0 Å². The molecule has 0 unspecified atom stereocenters. The van der Waals surface area contributed by atoms with Crippen LogP contribution in [0.5, 0.6) is 0 Å². The van der Waals surface area contributed by atoms with Gasteiger partial charge >= 0.3 is 0 Å². The Balaban J connectivity index is 2.79. The molecule has 0 aliphatic carbocycles. The lowest BCUT2D eigenvalue weighted by molar-refractivity contribution is 0.284. The molecule has 0 radical (unpaired) electrons. The third kappa shape index (κ3) is 3.16. The van der Waals surface area contributed by atoms with E-state index in [4.69, 9.17) is 5.73 Å². The predicted octanol–water partition coefficient (Wildman–Crippen LogP) is 0.386. The lowest BCUT2D eigenvalue weighted by atomic mass is 10.2. The van der Waals surface area contributed by atoms with E-state index in [0.717, 1.165) is 19.3 Å². The molecule has 5 nitrogen and oxygen atoms in total. The number of nitrogens with zero attached hydrogens (tertiary/aromatic N) is 2. The quantitative estimate of drug-likeness (QED) is 0.766. The van der Waals surface area contributed by atoms with Crippen molar-refractivity contribution < 1.29 is 8.42 Å². The van der Waals surface area contributed by atoms with Crippen LogP contribution in [0.1, 0.15) is 33.1 Å². The first-order chi connectivity index (χ1) is 7.50. The van der Waals surface area contributed by atoms with Crippen molar-refractivity contribution in [3.05, 3.63) is 0 Å². The SMILES string of the molecule is CC(C)N(CCN)S(=O)(=O)N1CCCCC1. The molecule has 0 atom stereocenters. The minimum Gasteiger partial charge on any atom is -0.329 e. The summed E-state index contributed by atoms with van der Waals surface area (Å²) in [4.78, 5) is 0. The molecule has 0 aromatic rings. The van der Waals surface area contributed by atoms with Gasteiger partial charge in [-0.05, 0) is 26.7 Å². The standard InChI is InChI=1S/C10H23N3O2S/c1-10(2)13(9-6-11)16(14,15)12-7-4-3-5-8-12/h10H,3-9,11H2,1-2H3. The second-order valence-corrected chi connectivity index (χ2v) is 6.34.